The first kappa shape index (κ1) is 27.3. The van der Waals surface area contributed by atoms with Gasteiger partial charge in [0.2, 0.25) is 17.7 Å². The van der Waals surface area contributed by atoms with Gasteiger partial charge in [0.25, 0.3) is 0 Å². The Morgan fingerprint density at radius 3 is 2.35 bits per heavy atom. The zero-order valence-corrected chi connectivity index (χ0v) is 23.6. The lowest BCUT2D eigenvalue weighted by Gasteiger charge is -2.36. The predicted octanol–water partition coefficient (Wildman–Crippen LogP) is 4.20. The van der Waals surface area contributed by atoms with Gasteiger partial charge >= 0.3 is 0 Å². The van der Waals surface area contributed by atoms with Crippen LogP contribution in [0, 0.1) is 11.8 Å². The molecule has 0 aliphatic carbocycles. The molecule has 218 valence electrons. The van der Waals surface area contributed by atoms with Crippen LogP contribution >= 0.6 is 0 Å². The maximum Gasteiger partial charge on any atom is 0.250 e. The first-order chi connectivity index (χ1) is 21.0. The number of nitrogens with zero attached hydrogens (tertiary/aromatic N) is 1. The summed E-state index contributed by atoms with van der Waals surface area (Å²) >= 11 is 0. The molecule has 2 unspecified atom stereocenters. The van der Waals surface area contributed by atoms with Gasteiger partial charge in [-0.05, 0) is 46.9 Å². The molecule has 3 saturated heterocycles. The highest BCUT2D eigenvalue weighted by atomic mass is 16.5. The van der Waals surface area contributed by atoms with E-state index in [4.69, 9.17) is 4.74 Å². The Morgan fingerprint density at radius 2 is 1.60 bits per heavy atom. The second kappa shape index (κ2) is 10.9. The fourth-order valence-electron chi connectivity index (χ4n) is 7.44. The van der Waals surface area contributed by atoms with Gasteiger partial charge < -0.3 is 25.4 Å². The molecule has 3 fully saturated rings. The van der Waals surface area contributed by atoms with E-state index in [1.807, 2.05) is 103 Å². The maximum absolute atomic E-state index is 14.5. The van der Waals surface area contributed by atoms with Gasteiger partial charge in [0.1, 0.15) is 11.6 Å². The third kappa shape index (κ3) is 4.58. The van der Waals surface area contributed by atoms with Crippen molar-refractivity contribution in [2.24, 2.45) is 11.8 Å². The van der Waals surface area contributed by atoms with E-state index in [0.717, 1.165) is 16.3 Å². The standard InChI is InChI=1S/C35H33N3O5/c39-21-27(24-12-5-2-6-13-24)38-31(33(41)37-26-16-15-23-11-7-8-14-25(23)19-26)35-18-17-28(43-35)29(30(35)34(38)42)32(40)36-20-22-9-3-1-4-10-22/h1-16,19,27-31,39H,17-18,20-21H2,(H,36,40)(H,37,41)/t27-,28-,29+,30+,31?,35?/m1/s1. The van der Waals surface area contributed by atoms with Gasteiger partial charge in [0.15, 0.2) is 0 Å². The highest BCUT2D eigenvalue weighted by Gasteiger charge is 2.75. The SMILES string of the molecule is O=C(Nc1ccc2ccccc2c1)C1N([C@H](CO)c2ccccc2)C(=O)[C@@H]2[C@@H](C(=O)NCc3ccccc3)[C@H]3CCC12O3. The van der Waals surface area contributed by atoms with Gasteiger partial charge in [-0.1, -0.05) is 91.0 Å². The molecule has 3 amide bonds. The Morgan fingerprint density at radius 1 is 0.907 bits per heavy atom. The Kier molecular flexibility index (Phi) is 6.95. The second-order valence-corrected chi connectivity index (χ2v) is 11.7. The lowest BCUT2D eigenvalue weighted by Crippen LogP contribution is -2.54. The summed E-state index contributed by atoms with van der Waals surface area (Å²) in [6.45, 7) is -0.0533. The predicted molar refractivity (Wildman–Crippen MR) is 162 cm³/mol. The van der Waals surface area contributed by atoms with Gasteiger partial charge in [0.05, 0.1) is 30.6 Å². The molecule has 0 aromatic heterocycles. The van der Waals surface area contributed by atoms with Gasteiger partial charge in [-0.3, -0.25) is 14.4 Å². The van der Waals surface area contributed by atoms with Crippen molar-refractivity contribution < 1.29 is 24.2 Å². The molecule has 6 atom stereocenters. The molecule has 0 saturated carbocycles. The van der Waals surface area contributed by atoms with Crippen molar-refractivity contribution in [2.75, 3.05) is 11.9 Å². The number of amides is 3. The van der Waals surface area contributed by atoms with E-state index in [9.17, 15) is 19.5 Å². The van der Waals surface area contributed by atoms with E-state index in [0.29, 0.717) is 30.6 Å². The molecule has 4 aromatic rings. The topological polar surface area (TPSA) is 108 Å². The summed E-state index contributed by atoms with van der Waals surface area (Å²) in [7, 11) is 0. The molecule has 0 radical (unpaired) electrons. The smallest absolute Gasteiger partial charge is 0.250 e. The molecular weight excluding hydrogens is 542 g/mol. The third-order valence-corrected chi connectivity index (χ3v) is 9.31. The number of carbonyl (C=O) groups excluding carboxylic acids is 3. The lowest BCUT2D eigenvalue weighted by atomic mass is 9.70. The highest BCUT2D eigenvalue weighted by Crippen LogP contribution is 2.59. The fourth-order valence-corrected chi connectivity index (χ4v) is 7.44. The van der Waals surface area contributed by atoms with Crippen LogP contribution in [-0.2, 0) is 25.7 Å². The minimum Gasteiger partial charge on any atom is -0.394 e. The van der Waals surface area contributed by atoms with E-state index >= 15 is 0 Å². The molecule has 8 heteroatoms. The van der Waals surface area contributed by atoms with E-state index in [2.05, 4.69) is 10.6 Å². The molecular formula is C35H33N3O5. The number of carbonyl (C=O) groups is 3. The lowest BCUT2D eigenvalue weighted by molar-refractivity contribution is -0.144. The fraction of sp³-hybridized carbons (Fsp3) is 0.286. The highest BCUT2D eigenvalue weighted by molar-refractivity contribution is 6.04. The van der Waals surface area contributed by atoms with Crippen LogP contribution in [-0.4, -0.2) is 52.1 Å². The third-order valence-electron chi connectivity index (χ3n) is 9.31. The number of anilines is 1. The first-order valence-electron chi connectivity index (χ1n) is 14.8. The van der Waals surface area contributed by atoms with Gasteiger partial charge in [-0.15, -0.1) is 0 Å². The first-order valence-corrected chi connectivity index (χ1v) is 14.8. The number of hydrogen-bond acceptors (Lipinski definition) is 5. The molecule has 3 heterocycles. The summed E-state index contributed by atoms with van der Waals surface area (Å²) in [6.07, 6.45) is 0.568. The molecule has 3 aliphatic rings. The number of aliphatic hydroxyl groups excluding tert-OH is 1. The van der Waals surface area contributed by atoms with Crippen LogP contribution in [0.3, 0.4) is 0 Å². The van der Waals surface area contributed by atoms with Crippen molar-refractivity contribution in [1.82, 2.24) is 10.2 Å². The summed E-state index contributed by atoms with van der Waals surface area (Å²) in [5, 5.41) is 18.7. The van der Waals surface area contributed by atoms with Gasteiger partial charge in [-0.25, -0.2) is 0 Å². The number of rotatable bonds is 8. The van der Waals surface area contributed by atoms with E-state index < -0.39 is 41.5 Å². The Labute approximate surface area is 249 Å². The molecule has 8 nitrogen and oxygen atoms in total. The Balaban J connectivity index is 1.24. The zero-order chi connectivity index (χ0) is 29.6. The Bertz CT molecular complexity index is 1680. The van der Waals surface area contributed by atoms with E-state index in [1.165, 1.54) is 4.90 Å². The molecule has 4 aromatic carbocycles. The summed E-state index contributed by atoms with van der Waals surface area (Å²) in [5.74, 6) is -2.58. The van der Waals surface area contributed by atoms with Crippen LogP contribution in [0.15, 0.2) is 103 Å². The van der Waals surface area contributed by atoms with Crippen molar-refractivity contribution in [1.29, 1.82) is 0 Å². The van der Waals surface area contributed by atoms with E-state index in [1.54, 1.807) is 0 Å². The molecule has 2 bridgehead atoms. The number of likely N-dealkylation sites (tertiary alicyclic amines) is 1. The average molecular weight is 576 g/mol. The average Bonchev–Trinajstić information content (AvgIpc) is 3.69. The normalized spacial score (nSPS) is 26.3. The Hall–Kier alpha value is -4.53. The largest absolute Gasteiger partial charge is 0.394 e. The zero-order valence-electron chi connectivity index (χ0n) is 23.6. The van der Waals surface area contributed by atoms with Crippen LogP contribution < -0.4 is 10.6 Å². The minimum atomic E-state index is -1.18. The van der Waals surface area contributed by atoms with Crippen molar-refractivity contribution in [3.05, 3.63) is 114 Å². The number of aliphatic hydroxyl groups is 1. The van der Waals surface area contributed by atoms with Crippen LogP contribution in [0.5, 0.6) is 0 Å². The van der Waals surface area contributed by atoms with Crippen molar-refractivity contribution in [3.63, 3.8) is 0 Å². The maximum atomic E-state index is 14.5. The van der Waals surface area contributed by atoms with Crippen LogP contribution in [0.25, 0.3) is 10.8 Å². The summed E-state index contributed by atoms with van der Waals surface area (Å²) in [6, 6.07) is 30.5. The molecule has 3 aliphatic heterocycles. The molecule has 43 heavy (non-hydrogen) atoms. The van der Waals surface area contributed by atoms with Gasteiger partial charge in [0, 0.05) is 12.2 Å². The molecule has 7 rings (SSSR count). The summed E-state index contributed by atoms with van der Waals surface area (Å²) in [4.78, 5) is 43.9. The summed E-state index contributed by atoms with van der Waals surface area (Å²) < 4.78 is 6.58. The molecule has 1 spiro atoms. The number of ether oxygens (including phenoxy) is 1. The van der Waals surface area contributed by atoms with Crippen molar-refractivity contribution in [3.8, 4) is 0 Å². The number of fused-ring (bicyclic) bond motifs is 2. The summed E-state index contributed by atoms with van der Waals surface area (Å²) in [5.41, 5.74) is 1.07. The number of nitrogens with one attached hydrogen (secondary N) is 2. The van der Waals surface area contributed by atoms with Crippen LogP contribution in [0.4, 0.5) is 5.69 Å². The van der Waals surface area contributed by atoms with Crippen LogP contribution in [0.2, 0.25) is 0 Å². The van der Waals surface area contributed by atoms with Crippen molar-refractivity contribution >= 4 is 34.2 Å². The van der Waals surface area contributed by atoms with Crippen LogP contribution in [0.1, 0.15) is 30.0 Å². The second-order valence-electron chi connectivity index (χ2n) is 11.7. The van der Waals surface area contributed by atoms with E-state index in [-0.39, 0.29) is 18.4 Å². The molecule has 3 N–H and O–H groups in total. The quantitative estimate of drug-likeness (QED) is 0.292. The number of benzene rings is 4. The van der Waals surface area contributed by atoms with Gasteiger partial charge in [-0.2, -0.15) is 0 Å². The number of hydrogen-bond donors (Lipinski definition) is 3. The monoisotopic (exact) mass is 575 g/mol. The minimum absolute atomic E-state index is 0.260. The van der Waals surface area contributed by atoms with Crippen molar-refractivity contribution in [2.45, 2.75) is 43.2 Å².